The lowest BCUT2D eigenvalue weighted by Gasteiger charge is -2.26. The van der Waals surface area contributed by atoms with Crippen LogP contribution in [0, 0.1) is 22.7 Å². The van der Waals surface area contributed by atoms with Gasteiger partial charge in [-0.1, -0.05) is 36.4 Å². The Labute approximate surface area is 237 Å². The number of primary amides is 2. The van der Waals surface area contributed by atoms with Crippen molar-refractivity contribution in [3.05, 3.63) is 89.8 Å². The molecule has 40 heavy (non-hydrogen) atoms. The van der Waals surface area contributed by atoms with Gasteiger partial charge in [-0.2, -0.15) is 10.5 Å². The van der Waals surface area contributed by atoms with Gasteiger partial charge in [0.05, 0.1) is 44.4 Å². The van der Waals surface area contributed by atoms with Gasteiger partial charge in [-0.15, -0.1) is 22.7 Å². The third-order valence-electron chi connectivity index (χ3n) is 7.15. The summed E-state index contributed by atoms with van der Waals surface area (Å²) >= 11 is 2.48. The number of benzene rings is 2. The standard InChI is InChI=1S/C28H22N8O2S2/c29-11-17-13(3-1-5-15(17)21-23-19(7-9-33-21)35-27(39-23)25(31)37)14-4-2-6-16(18(14)12-30)22-24-20(8-10-34-22)36-28(40-24)26(32)38/h1-6,21-22,33-34H,7-10H2,(H2,31,37)(H2,32,38). The lowest BCUT2D eigenvalue weighted by atomic mass is 9.86. The van der Waals surface area contributed by atoms with E-state index in [1.165, 1.54) is 22.7 Å². The molecule has 2 aromatic carbocycles. The second-order valence-electron chi connectivity index (χ2n) is 9.43. The topological polar surface area (TPSA) is 184 Å². The molecule has 6 N–H and O–H groups in total. The van der Waals surface area contributed by atoms with E-state index in [1.54, 1.807) is 0 Å². The van der Waals surface area contributed by atoms with Crippen LogP contribution in [0.4, 0.5) is 0 Å². The van der Waals surface area contributed by atoms with Crippen molar-refractivity contribution in [3.63, 3.8) is 0 Å². The Kier molecular flexibility index (Phi) is 6.62. The van der Waals surface area contributed by atoms with Gasteiger partial charge in [-0.3, -0.25) is 9.59 Å². The van der Waals surface area contributed by atoms with Crippen LogP contribution >= 0.6 is 22.7 Å². The van der Waals surface area contributed by atoms with Gasteiger partial charge < -0.3 is 22.1 Å². The molecule has 0 saturated heterocycles. The van der Waals surface area contributed by atoms with Crippen molar-refractivity contribution in [2.24, 2.45) is 11.5 Å². The summed E-state index contributed by atoms with van der Waals surface area (Å²) in [6, 6.07) is 15.2. The zero-order chi connectivity index (χ0) is 28.0. The van der Waals surface area contributed by atoms with Gasteiger partial charge in [0.2, 0.25) is 0 Å². The molecule has 0 saturated carbocycles. The molecule has 12 heteroatoms. The Bertz CT molecular complexity index is 1650. The highest BCUT2D eigenvalue weighted by Gasteiger charge is 2.32. The Hall–Kier alpha value is -4.46. The Balaban J connectivity index is 1.48. The molecular formula is C28H22N8O2S2. The Morgan fingerprint density at radius 1 is 0.775 bits per heavy atom. The van der Waals surface area contributed by atoms with Crippen molar-refractivity contribution in [3.8, 4) is 23.3 Å². The summed E-state index contributed by atoms with van der Waals surface area (Å²) in [6.07, 6.45) is 1.31. The molecule has 0 aliphatic carbocycles. The van der Waals surface area contributed by atoms with Crippen molar-refractivity contribution in [1.82, 2.24) is 20.6 Å². The van der Waals surface area contributed by atoms with Gasteiger partial charge in [-0.05, 0) is 11.1 Å². The summed E-state index contributed by atoms with van der Waals surface area (Å²) in [7, 11) is 0. The zero-order valence-corrected chi connectivity index (χ0v) is 22.7. The lowest BCUT2D eigenvalue weighted by Crippen LogP contribution is -2.30. The van der Waals surface area contributed by atoms with Crippen molar-refractivity contribution in [2.45, 2.75) is 24.9 Å². The molecule has 2 atom stereocenters. The van der Waals surface area contributed by atoms with Crippen LogP contribution in [0.3, 0.4) is 0 Å². The summed E-state index contributed by atoms with van der Waals surface area (Å²) in [5, 5.41) is 28.2. The fourth-order valence-corrected chi connectivity index (χ4v) is 7.54. The minimum Gasteiger partial charge on any atom is -0.364 e. The molecule has 10 nitrogen and oxygen atoms in total. The number of nitrogens with two attached hydrogens (primary N) is 2. The van der Waals surface area contributed by atoms with Crippen LogP contribution in [0.15, 0.2) is 36.4 Å². The van der Waals surface area contributed by atoms with Crippen LogP contribution in [-0.4, -0.2) is 34.9 Å². The lowest BCUT2D eigenvalue weighted by molar-refractivity contribution is 0.0991. The average Bonchev–Trinajstić information content (AvgIpc) is 3.61. The number of amides is 2. The minimum absolute atomic E-state index is 0.245. The number of thiazole rings is 2. The molecule has 4 aromatic rings. The molecule has 2 aromatic heterocycles. The predicted molar refractivity (Wildman–Crippen MR) is 150 cm³/mol. The van der Waals surface area contributed by atoms with Gasteiger partial charge in [0, 0.05) is 37.1 Å². The maximum Gasteiger partial charge on any atom is 0.277 e. The normalized spacial score (nSPS) is 17.8. The molecule has 198 valence electrons. The number of nitrogens with zero attached hydrogens (tertiary/aromatic N) is 4. The molecule has 6 rings (SSSR count). The zero-order valence-electron chi connectivity index (χ0n) is 21.0. The number of hydrogen-bond donors (Lipinski definition) is 4. The maximum absolute atomic E-state index is 11.8. The number of nitrogens with one attached hydrogen (secondary N) is 2. The van der Waals surface area contributed by atoms with Crippen LogP contribution in [0.5, 0.6) is 0 Å². The van der Waals surface area contributed by atoms with Gasteiger partial charge in [-0.25, -0.2) is 9.97 Å². The first kappa shape index (κ1) is 25.8. The van der Waals surface area contributed by atoms with E-state index in [4.69, 9.17) is 11.5 Å². The summed E-state index contributed by atoms with van der Waals surface area (Å²) in [6.45, 7) is 1.26. The van der Waals surface area contributed by atoms with Crippen LogP contribution < -0.4 is 22.1 Å². The van der Waals surface area contributed by atoms with Crippen LogP contribution in [0.1, 0.15) is 75.1 Å². The third-order valence-corrected chi connectivity index (χ3v) is 9.50. The minimum atomic E-state index is -0.578. The van der Waals surface area contributed by atoms with Gasteiger partial charge in [0.15, 0.2) is 10.0 Å². The van der Waals surface area contributed by atoms with Crippen molar-refractivity contribution < 1.29 is 9.59 Å². The number of nitriles is 2. The summed E-state index contributed by atoms with van der Waals surface area (Å²) < 4.78 is 0. The number of carbonyl (C=O) groups excluding carboxylic acids is 2. The highest BCUT2D eigenvalue weighted by atomic mass is 32.1. The van der Waals surface area contributed by atoms with Crippen molar-refractivity contribution in [1.29, 1.82) is 10.5 Å². The first-order chi connectivity index (χ1) is 19.4. The summed E-state index contributed by atoms with van der Waals surface area (Å²) in [4.78, 5) is 34.2. The number of rotatable bonds is 5. The number of carbonyl (C=O) groups is 2. The van der Waals surface area contributed by atoms with E-state index in [2.05, 4.69) is 32.7 Å². The number of fused-ring (bicyclic) bond motifs is 2. The molecule has 0 bridgehead atoms. The second-order valence-corrected chi connectivity index (χ2v) is 11.5. The number of hydrogen-bond acceptors (Lipinski definition) is 10. The fourth-order valence-electron chi connectivity index (χ4n) is 5.42. The molecule has 2 aliphatic rings. The van der Waals surface area contributed by atoms with E-state index < -0.39 is 11.8 Å². The van der Waals surface area contributed by atoms with Crippen LogP contribution in [0.25, 0.3) is 11.1 Å². The molecule has 0 fully saturated rings. The average molecular weight is 567 g/mol. The van der Waals surface area contributed by atoms with E-state index in [0.717, 1.165) is 32.3 Å². The fraction of sp³-hybridized carbons (Fsp3) is 0.214. The second kappa shape index (κ2) is 10.3. The molecule has 4 heterocycles. The smallest absolute Gasteiger partial charge is 0.277 e. The van der Waals surface area contributed by atoms with Crippen molar-refractivity contribution in [2.75, 3.05) is 13.1 Å². The molecule has 2 amide bonds. The van der Waals surface area contributed by atoms with Gasteiger partial charge in [0.1, 0.15) is 12.1 Å². The van der Waals surface area contributed by atoms with Gasteiger partial charge >= 0.3 is 0 Å². The maximum atomic E-state index is 11.8. The van der Waals surface area contributed by atoms with E-state index in [9.17, 15) is 20.1 Å². The van der Waals surface area contributed by atoms with Gasteiger partial charge in [0.25, 0.3) is 11.8 Å². The molecule has 0 radical (unpaired) electrons. The van der Waals surface area contributed by atoms with E-state index in [0.29, 0.717) is 48.2 Å². The quantitative estimate of drug-likeness (QED) is 0.284. The Morgan fingerprint density at radius 3 is 1.57 bits per heavy atom. The summed E-state index contributed by atoms with van der Waals surface area (Å²) in [5.41, 5.74) is 16.2. The van der Waals surface area contributed by atoms with Crippen LogP contribution in [-0.2, 0) is 12.8 Å². The molecule has 2 aliphatic heterocycles. The van der Waals surface area contributed by atoms with Crippen molar-refractivity contribution >= 4 is 34.5 Å². The SMILES string of the molecule is N#Cc1c(-c2cccc(C3NCCc4nc(C(N)=O)sc43)c2C#N)cccc1C1NCCc2nc(C(N)=O)sc21. The molecule has 0 spiro atoms. The Morgan fingerprint density at radius 2 is 1.20 bits per heavy atom. The van der Waals surface area contributed by atoms with E-state index in [-0.39, 0.29) is 22.1 Å². The first-order valence-corrected chi connectivity index (χ1v) is 14.2. The van der Waals surface area contributed by atoms with E-state index in [1.807, 2.05) is 36.4 Å². The predicted octanol–water partition coefficient (Wildman–Crippen LogP) is 2.68. The largest absolute Gasteiger partial charge is 0.364 e. The third kappa shape index (κ3) is 4.24. The molecule has 2 unspecified atom stereocenters. The molecular weight excluding hydrogens is 544 g/mol. The first-order valence-electron chi connectivity index (χ1n) is 12.5. The number of aromatic nitrogens is 2. The van der Waals surface area contributed by atoms with Crippen LogP contribution in [0.2, 0.25) is 0 Å². The monoisotopic (exact) mass is 566 g/mol. The highest BCUT2D eigenvalue weighted by molar-refractivity contribution is 7.14. The highest BCUT2D eigenvalue weighted by Crippen LogP contribution is 2.41. The van der Waals surface area contributed by atoms with E-state index >= 15 is 0 Å². The summed E-state index contributed by atoms with van der Waals surface area (Å²) in [5.74, 6) is -1.16.